The fourth-order valence-corrected chi connectivity index (χ4v) is 5.18. The quantitative estimate of drug-likeness (QED) is 0.425. The predicted octanol–water partition coefficient (Wildman–Crippen LogP) is 1.94. The molecular weight excluding hydrogens is 464 g/mol. The first kappa shape index (κ1) is 22.6. The number of benzene rings is 1. The molecule has 9 nitrogen and oxygen atoms in total. The Balaban J connectivity index is 1.41. The molecule has 1 N–H and O–H groups in total. The second-order valence-corrected chi connectivity index (χ2v) is 11.3. The van der Waals surface area contributed by atoms with E-state index in [1.165, 1.54) is 30.5 Å². The van der Waals surface area contributed by atoms with Crippen molar-refractivity contribution in [1.29, 1.82) is 0 Å². The van der Waals surface area contributed by atoms with Crippen molar-refractivity contribution in [3.8, 4) is 0 Å². The van der Waals surface area contributed by atoms with Crippen LogP contribution < -0.4 is 5.32 Å². The van der Waals surface area contributed by atoms with E-state index in [4.69, 9.17) is 0 Å². The number of fused-ring (bicyclic) bond motifs is 1. The Labute approximate surface area is 191 Å². The van der Waals surface area contributed by atoms with Crippen LogP contribution in [0.3, 0.4) is 0 Å². The number of amides is 1. The van der Waals surface area contributed by atoms with Crippen LogP contribution in [0.1, 0.15) is 16.1 Å². The summed E-state index contributed by atoms with van der Waals surface area (Å²) in [7, 11) is -7.46. The highest BCUT2D eigenvalue weighted by molar-refractivity contribution is 7.92. The average molecular weight is 485 g/mol. The molecule has 170 valence electrons. The predicted molar refractivity (Wildman–Crippen MR) is 120 cm³/mol. The number of rotatable bonds is 7. The van der Waals surface area contributed by atoms with Gasteiger partial charge in [-0.15, -0.1) is 0 Å². The molecular formula is C22H20N4O5S2. The van der Waals surface area contributed by atoms with Gasteiger partial charge < -0.3 is 9.72 Å². The van der Waals surface area contributed by atoms with Crippen molar-refractivity contribution in [2.75, 3.05) is 12.8 Å². The summed E-state index contributed by atoms with van der Waals surface area (Å²) >= 11 is 0. The van der Waals surface area contributed by atoms with Crippen LogP contribution in [-0.2, 0) is 26.1 Å². The fourth-order valence-electron chi connectivity index (χ4n) is 3.19. The molecule has 0 spiro atoms. The lowest BCUT2D eigenvalue weighted by atomic mass is 10.2. The third-order valence-electron chi connectivity index (χ3n) is 4.97. The largest absolute Gasteiger partial charge is 0.352 e. The Morgan fingerprint density at radius 2 is 1.76 bits per heavy atom. The van der Waals surface area contributed by atoms with E-state index in [2.05, 4.69) is 15.3 Å². The second kappa shape index (κ2) is 8.75. The molecule has 4 aromatic rings. The summed E-state index contributed by atoms with van der Waals surface area (Å²) in [6.07, 6.45) is 7.74. The molecule has 0 aliphatic carbocycles. The summed E-state index contributed by atoms with van der Waals surface area (Å²) in [5, 5.41) is 2.81. The van der Waals surface area contributed by atoms with Gasteiger partial charge in [0.15, 0.2) is 9.84 Å². The Morgan fingerprint density at radius 3 is 2.48 bits per heavy atom. The second-order valence-electron chi connectivity index (χ2n) is 7.35. The number of nitrogens with zero attached hydrogens (tertiary/aromatic N) is 3. The Hall–Kier alpha value is -3.57. The maximum atomic E-state index is 12.9. The smallest absolute Gasteiger partial charge is 0.252 e. The molecule has 11 heteroatoms. The summed E-state index contributed by atoms with van der Waals surface area (Å²) in [5.74, 6) is -0.240. The molecule has 33 heavy (non-hydrogen) atoms. The average Bonchev–Trinajstić information content (AvgIpc) is 3.27. The van der Waals surface area contributed by atoms with E-state index in [1.807, 2.05) is 0 Å². The zero-order valence-electron chi connectivity index (χ0n) is 17.5. The number of carbonyl (C=O) groups excluding carboxylic acids is 1. The van der Waals surface area contributed by atoms with E-state index in [0.29, 0.717) is 24.2 Å². The van der Waals surface area contributed by atoms with Crippen LogP contribution in [0.5, 0.6) is 0 Å². The first-order valence-corrected chi connectivity index (χ1v) is 13.2. The van der Waals surface area contributed by atoms with Crippen LogP contribution >= 0.6 is 0 Å². The number of imidazole rings is 1. The van der Waals surface area contributed by atoms with Crippen molar-refractivity contribution in [2.24, 2.45) is 0 Å². The minimum absolute atomic E-state index is 0.0467. The van der Waals surface area contributed by atoms with Gasteiger partial charge in [-0.25, -0.2) is 21.8 Å². The fraction of sp³-hybridized carbons (Fsp3) is 0.136. The number of sulfone groups is 2. The summed E-state index contributed by atoms with van der Waals surface area (Å²) in [4.78, 5) is 20.4. The van der Waals surface area contributed by atoms with Crippen molar-refractivity contribution >= 4 is 31.2 Å². The van der Waals surface area contributed by atoms with E-state index in [1.54, 1.807) is 41.2 Å². The number of aromatic nitrogens is 3. The lowest BCUT2D eigenvalue weighted by molar-refractivity contribution is 0.0953. The first-order chi connectivity index (χ1) is 15.6. The zero-order valence-corrected chi connectivity index (χ0v) is 19.2. The van der Waals surface area contributed by atoms with Gasteiger partial charge in [-0.05, 0) is 42.5 Å². The standard InChI is InChI=1S/C22H20N4O5S2/c1-32(28,29)18-3-2-4-19(13-18)33(30,31)20-7-6-17(25-14-20)9-10-24-22(27)16-5-8-21-23-11-12-26(21)15-16/h2-8,11-15H,9-10H2,1H3,(H,24,27). The van der Waals surface area contributed by atoms with Crippen molar-refractivity contribution in [3.63, 3.8) is 0 Å². The molecule has 0 saturated heterocycles. The molecule has 1 amide bonds. The van der Waals surface area contributed by atoms with E-state index < -0.39 is 19.7 Å². The molecule has 0 saturated carbocycles. The molecule has 1 aromatic carbocycles. The minimum atomic E-state index is -3.93. The number of hydrogen-bond donors (Lipinski definition) is 1. The topological polar surface area (TPSA) is 128 Å². The Kier molecular flexibility index (Phi) is 6.00. The highest BCUT2D eigenvalue weighted by Crippen LogP contribution is 2.23. The SMILES string of the molecule is CS(=O)(=O)c1cccc(S(=O)(=O)c2ccc(CCNC(=O)c3ccc4nccn4c3)nc2)c1. The van der Waals surface area contributed by atoms with Crippen molar-refractivity contribution < 1.29 is 21.6 Å². The molecule has 0 radical (unpaired) electrons. The summed E-state index contributed by atoms with van der Waals surface area (Å²) in [6, 6.07) is 11.6. The van der Waals surface area contributed by atoms with Gasteiger partial charge in [-0.2, -0.15) is 0 Å². The van der Waals surface area contributed by atoms with Crippen LogP contribution in [0.4, 0.5) is 0 Å². The zero-order chi connectivity index (χ0) is 23.6. The molecule has 0 atom stereocenters. The van der Waals surface area contributed by atoms with Crippen molar-refractivity contribution in [1.82, 2.24) is 19.7 Å². The lowest BCUT2D eigenvalue weighted by Crippen LogP contribution is -2.26. The van der Waals surface area contributed by atoms with E-state index in [9.17, 15) is 21.6 Å². The van der Waals surface area contributed by atoms with Gasteiger partial charge in [0.25, 0.3) is 5.91 Å². The Morgan fingerprint density at radius 1 is 0.970 bits per heavy atom. The lowest BCUT2D eigenvalue weighted by Gasteiger charge is -2.08. The molecule has 0 bridgehead atoms. The van der Waals surface area contributed by atoms with Gasteiger partial charge in [0.1, 0.15) is 5.65 Å². The molecule has 3 heterocycles. The number of hydrogen-bond acceptors (Lipinski definition) is 7. The minimum Gasteiger partial charge on any atom is -0.352 e. The molecule has 3 aromatic heterocycles. The molecule has 0 fully saturated rings. The number of pyridine rings is 2. The third kappa shape index (κ3) is 4.94. The maximum Gasteiger partial charge on any atom is 0.252 e. The highest BCUT2D eigenvalue weighted by Gasteiger charge is 2.20. The number of carbonyl (C=O) groups is 1. The van der Waals surface area contributed by atoms with Gasteiger partial charge in [0, 0.05) is 49.7 Å². The monoisotopic (exact) mass is 484 g/mol. The number of nitrogens with one attached hydrogen (secondary N) is 1. The van der Waals surface area contributed by atoms with Gasteiger partial charge in [-0.1, -0.05) is 6.07 Å². The van der Waals surface area contributed by atoms with E-state index in [-0.39, 0.29) is 20.6 Å². The molecule has 0 aliphatic heterocycles. The third-order valence-corrected chi connectivity index (χ3v) is 7.82. The van der Waals surface area contributed by atoms with Gasteiger partial charge in [-0.3, -0.25) is 9.78 Å². The summed E-state index contributed by atoms with van der Waals surface area (Å²) in [5.41, 5.74) is 1.84. The molecule has 0 unspecified atom stereocenters. The van der Waals surface area contributed by atoms with E-state index >= 15 is 0 Å². The Bertz CT molecular complexity index is 1540. The van der Waals surface area contributed by atoms with Crippen LogP contribution in [0.25, 0.3) is 5.65 Å². The van der Waals surface area contributed by atoms with Crippen molar-refractivity contribution in [3.05, 3.63) is 84.6 Å². The maximum absolute atomic E-state index is 12.9. The van der Waals surface area contributed by atoms with Crippen LogP contribution in [-0.4, -0.2) is 49.9 Å². The first-order valence-electron chi connectivity index (χ1n) is 9.86. The molecule has 0 aliphatic rings. The van der Waals surface area contributed by atoms with E-state index in [0.717, 1.165) is 18.0 Å². The van der Waals surface area contributed by atoms with Crippen LogP contribution in [0, 0.1) is 0 Å². The highest BCUT2D eigenvalue weighted by atomic mass is 32.2. The van der Waals surface area contributed by atoms with Gasteiger partial charge in [0.2, 0.25) is 9.84 Å². The molecule has 4 rings (SSSR count). The van der Waals surface area contributed by atoms with Gasteiger partial charge >= 0.3 is 0 Å². The van der Waals surface area contributed by atoms with Crippen molar-refractivity contribution in [2.45, 2.75) is 21.1 Å². The summed E-state index contributed by atoms with van der Waals surface area (Å²) < 4.78 is 50.9. The van der Waals surface area contributed by atoms with Crippen LogP contribution in [0.15, 0.2) is 88.0 Å². The normalized spacial score (nSPS) is 12.0. The summed E-state index contributed by atoms with van der Waals surface area (Å²) in [6.45, 7) is 0.316. The van der Waals surface area contributed by atoms with Gasteiger partial charge in [0.05, 0.1) is 20.2 Å². The van der Waals surface area contributed by atoms with Crippen LogP contribution in [0.2, 0.25) is 0 Å².